The molecule has 3 nitrogen and oxygen atoms in total. The Morgan fingerprint density at radius 3 is 3.40 bits per heavy atom. The van der Waals surface area contributed by atoms with Crippen LogP contribution >= 0.6 is 0 Å². The standard InChI is InChI=1S/C7H8N2O/c10-7-5-2-1-3-8-6(5)4-9-7/h1,3,5H,2,4H2,(H,9,10). The molecule has 1 unspecified atom stereocenters. The third-order valence-electron chi connectivity index (χ3n) is 1.88. The summed E-state index contributed by atoms with van der Waals surface area (Å²) in [5.74, 6) is 0.174. The van der Waals surface area contributed by atoms with Crippen LogP contribution in [0.3, 0.4) is 0 Å². The minimum atomic E-state index is 0.0463. The number of fused-ring (bicyclic) bond motifs is 1. The molecule has 1 atom stereocenters. The average Bonchev–Trinajstić information content (AvgIpc) is 2.34. The summed E-state index contributed by atoms with van der Waals surface area (Å²) in [5, 5.41) is 2.75. The molecule has 2 heterocycles. The SMILES string of the molecule is O=C1NCC2=NC=CCC12. The number of allylic oxidation sites excluding steroid dienone is 1. The summed E-state index contributed by atoms with van der Waals surface area (Å²) >= 11 is 0. The number of aliphatic imine (C=N–C) groups is 1. The zero-order chi connectivity index (χ0) is 6.97. The van der Waals surface area contributed by atoms with E-state index < -0.39 is 0 Å². The fourth-order valence-electron chi connectivity index (χ4n) is 1.30. The van der Waals surface area contributed by atoms with Gasteiger partial charge in [-0.15, -0.1) is 0 Å². The summed E-state index contributed by atoms with van der Waals surface area (Å²) in [5.41, 5.74) is 0.993. The first kappa shape index (κ1) is 5.65. The molecule has 0 aromatic carbocycles. The molecule has 0 aliphatic carbocycles. The van der Waals surface area contributed by atoms with Crippen molar-refractivity contribution < 1.29 is 4.79 Å². The van der Waals surface area contributed by atoms with E-state index in [9.17, 15) is 4.79 Å². The second-order valence-electron chi connectivity index (χ2n) is 2.51. The molecule has 2 aliphatic heterocycles. The van der Waals surface area contributed by atoms with E-state index in [0.717, 1.165) is 12.1 Å². The summed E-state index contributed by atoms with van der Waals surface area (Å²) in [6.45, 7) is 0.647. The number of carbonyl (C=O) groups excluding carboxylic acids is 1. The van der Waals surface area contributed by atoms with E-state index in [4.69, 9.17) is 0 Å². The Bertz CT molecular complexity index is 230. The molecule has 1 fully saturated rings. The highest BCUT2D eigenvalue weighted by atomic mass is 16.2. The van der Waals surface area contributed by atoms with Gasteiger partial charge in [0, 0.05) is 11.9 Å². The van der Waals surface area contributed by atoms with Gasteiger partial charge in [0.2, 0.25) is 5.91 Å². The Kier molecular flexibility index (Phi) is 1.09. The molecule has 3 heteroatoms. The van der Waals surface area contributed by atoms with Crippen molar-refractivity contribution >= 4 is 11.6 Å². The summed E-state index contributed by atoms with van der Waals surface area (Å²) in [7, 11) is 0. The number of amides is 1. The minimum absolute atomic E-state index is 0.0463. The molecule has 0 radical (unpaired) electrons. The van der Waals surface area contributed by atoms with Crippen LogP contribution in [0.25, 0.3) is 0 Å². The van der Waals surface area contributed by atoms with Crippen molar-refractivity contribution in [2.24, 2.45) is 10.9 Å². The molecule has 52 valence electrons. The third kappa shape index (κ3) is 0.667. The lowest BCUT2D eigenvalue weighted by atomic mass is 10.0. The number of nitrogens with one attached hydrogen (secondary N) is 1. The van der Waals surface area contributed by atoms with Gasteiger partial charge >= 0.3 is 0 Å². The van der Waals surface area contributed by atoms with Gasteiger partial charge < -0.3 is 5.32 Å². The van der Waals surface area contributed by atoms with Crippen molar-refractivity contribution in [3.05, 3.63) is 12.3 Å². The molecule has 2 aliphatic rings. The number of hydrogen-bond donors (Lipinski definition) is 1. The molecule has 0 aromatic heterocycles. The predicted molar refractivity (Wildman–Crippen MR) is 37.7 cm³/mol. The van der Waals surface area contributed by atoms with E-state index in [1.54, 1.807) is 6.20 Å². The first-order valence-corrected chi connectivity index (χ1v) is 3.37. The highest BCUT2D eigenvalue weighted by Crippen LogP contribution is 2.16. The van der Waals surface area contributed by atoms with Gasteiger partial charge in [-0.05, 0) is 6.42 Å². The Morgan fingerprint density at radius 2 is 2.60 bits per heavy atom. The van der Waals surface area contributed by atoms with E-state index in [1.165, 1.54) is 0 Å². The van der Waals surface area contributed by atoms with Crippen LogP contribution < -0.4 is 5.32 Å². The van der Waals surface area contributed by atoms with Gasteiger partial charge in [0.1, 0.15) is 0 Å². The van der Waals surface area contributed by atoms with Gasteiger partial charge in [0.25, 0.3) is 0 Å². The van der Waals surface area contributed by atoms with Crippen LogP contribution in [0.1, 0.15) is 6.42 Å². The van der Waals surface area contributed by atoms with Crippen LogP contribution in [0.5, 0.6) is 0 Å². The molecule has 1 saturated heterocycles. The van der Waals surface area contributed by atoms with Crippen LogP contribution in [0.15, 0.2) is 17.3 Å². The van der Waals surface area contributed by atoms with E-state index in [1.807, 2.05) is 6.08 Å². The molecule has 2 rings (SSSR count). The number of hydrogen-bond acceptors (Lipinski definition) is 2. The van der Waals surface area contributed by atoms with Crippen molar-refractivity contribution in [2.45, 2.75) is 6.42 Å². The van der Waals surface area contributed by atoms with Gasteiger partial charge in [-0.1, -0.05) is 6.08 Å². The van der Waals surface area contributed by atoms with E-state index in [-0.39, 0.29) is 11.8 Å². The highest BCUT2D eigenvalue weighted by molar-refractivity contribution is 6.11. The van der Waals surface area contributed by atoms with Gasteiger partial charge in [0.05, 0.1) is 12.5 Å². The van der Waals surface area contributed by atoms with Crippen LogP contribution in [0, 0.1) is 5.92 Å². The average molecular weight is 136 g/mol. The van der Waals surface area contributed by atoms with Crippen molar-refractivity contribution in [3.63, 3.8) is 0 Å². The molecule has 1 amide bonds. The lowest BCUT2D eigenvalue weighted by molar-refractivity contribution is -0.121. The third-order valence-corrected chi connectivity index (χ3v) is 1.88. The lowest BCUT2D eigenvalue weighted by Gasteiger charge is -2.06. The molecule has 10 heavy (non-hydrogen) atoms. The molecular formula is C7H8N2O. The maximum Gasteiger partial charge on any atom is 0.229 e. The maximum absolute atomic E-state index is 11.0. The zero-order valence-corrected chi connectivity index (χ0v) is 5.50. The fourth-order valence-corrected chi connectivity index (χ4v) is 1.30. The van der Waals surface area contributed by atoms with E-state index in [0.29, 0.717) is 6.54 Å². The van der Waals surface area contributed by atoms with Crippen LogP contribution in [0.4, 0.5) is 0 Å². The quantitative estimate of drug-likeness (QED) is 0.504. The fraction of sp³-hybridized carbons (Fsp3) is 0.429. The largest absolute Gasteiger partial charge is 0.350 e. The molecular weight excluding hydrogens is 128 g/mol. The smallest absolute Gasteiger partial charge is 0.229 e. The zero-order valence-electron chi connectivity index (χ0n) is 5.50. The summed E-state index contributed by atoms with van der Waals surface area (Å²) in [6, 6.07) is 0. The van der Waals surface area contributed by atoms with Gasteiger partial charge in [-0.3, -0.25) is 9.79 Å². The predicted octanol–water partition coefficient (Wildman–Crippen LogP) is 0.0908. The van der Waals surface area contributed by atoms with Crippen molar-refractivity contribution in [3.8, 4) is 0 Å². The van der Waals surface area contributed by atoms with Crippen LogP contribution in [-0.4, -0.2) is 18.2 Å². The number of carbonyl (C=O) groups is 1. The Morgan fingerprint density at radius 1 is 1.70 bits per heavy atom. The van der Waals surface area contributed by atoms with Crippen molar-refractivity contribution in [2.75, 3.05) is 6.54 Å². The molecule has 0 aromatic rings. The maximum atomic E-state index is 11.0. The normalized spacial score (nSPS) is 29.4. The monoisotopic (exact) mass is 136 g/mol. The summed E-state index contributed by atoms with van der Waals surface area (Å²) in [4.78, 5) is 15.1. The topological polar surface area (TPSA) is 41.5 Å². The second kappa shape index (κ2) is 1.94. The highest BCUT2D eigenvalue weighted by Gasteiger charge is 2.30. The molecule has 0 saturated carbocycles. The van der Waals surface area contributed by atoms with Crippen LogP contribution in [-0.2, 0) is 4.79 Å². The number of nitrogens with zero attached hydrogens (tertiary/aromatic N) is 1. The Balaban J connectivity index is 2.31. The number of rotatable bonds is 0. The second-order valence-corrected chi connectivity index (χ2v) is 2.51. The molecule has 0 spiro atoms. The summed E-state index contributed by atoms with van der Waals surface area (Å²) in [6.07, 6.45) is 4.52. The van der Waals surface area contributed by atoms with Gasteiger partial charge in [0.15, 0.2) is 0 Å². The van der Waals surface area contributed by atoms with Gasteiger partial charge in [-0.2, -0.15) is 0 Å². The van der Waals surface area contributed by atoms with Crippen LogP contribution in [0.2, 0.25) is 0 Å². The first-order chi connectivity index (χ1) is 4.88. The van der Waals surface area contributed by atoms with Crippen molar-refractivity contribution in [1.29, 1.82) is 0 Å². The van der Waals surface area contributed by atoms with Gasteiger partial charge in [-0.25, -0.2) is 0 Å². The first-order valence-electron chi connectivity index (χ1n) is 3.37. The summed E-state index contributed by atoms with van der Waals surface area (Å²) < 4.78 is 0. The lowest BCUT2D eigenvalue weighted by Crippen LogP contribution is -2.19. The van der Waals surface area contributed by atoms with E-state index >= 15 is 0 Å². The molecule has 0 bridgehead atoms. The Hall–Kier alpha value is -1.12. The molecule has 1 N–H and O–H groups in total. The Labute approximate surface area is 58.8 Å². The minimum Gasteiger partial charge on any atom is -0.350 e. The van der Waals surface area contributed by atoms with Crippen molar-refractivity contribution in [1.82, 2.24) is 5.32 Å². The van der Waals surface area contributed by atoms with E-state index in [2.05, 4.69) is 10.3 Å².